The van der Waals surface area contributed by atoms with Gasteiger partial charge in [-0.05, 0) is 55.6 Å². The van der Waals surface area contributed by atoms with E-state index in [0.29, 0.717) is 0 Å². The Morgan fingerprint density at radius 3 is 2.45 bits per heavy atom. The van der Waals surface area contributed by atoms with Crippen molar-refractivity contribution in [1.82, 2.24) is 14.9 Å². The molecule has 1 amide bonds. The van der Waals surface area contributed by atoms with Gasteiger partial charge >= 0.3 is 6.09 Å². The fourth-order valence-electron chi connectivity index (χ4n) is 3.04. The largest absolute Gasteiger partial charge is 0.444 e. The zero-order valence-corrected chi connectivity index (χ0v) is 14.7. The summed E-state index contributed by atoms with van der Waals surface area (Å²) in [7, 11) is 0. The summed E-state index contributed by atoms with van der Waals surface area (Å²) in [5, 5.41) is 0. The van der Waals surface area contributed by atoms with Crippen molar-refractivity contribution in [2.75, 3.05) is 13.1 Å². The van der Waals surface area contributed by atoms with Crippen LogP contribution >= 0.6 is 15.9 Å². The molecule has 1 aliphatic heterocycles. The predicted octanol–water partition coefficient (Wildman–Crippen LogP) is 3.65. The van der Waals surface area contributed by atoms with Crippen LogP contribution in [0.3, 0.4) is 0 Å². The molecule has 3 rings (SSSR count). The van der Waals surface area contributed by atoms with Crippen LogP contribution in [0, 0.1) is 5.41 Å². The molecule has 1 saturated heterocycles. The van der Waals surface area contributed by atoms with Crippen molar-refractivity contribution in [3.8, 4) is 0 Å². The summed E-state index contributed by atoms with van der Waals surface area (Å²) in [6, 6.07) is 0. The normalized spacial score (nSPS) is 19.5. The molecule has 0 N–H and O–H groups in total. The Morgan fingerprint density at radius 2 is 1.91 bits per heavy atom. The minimum absolute atomic E-state index is 0.202. The lowest BCUT2D eigenvalue weighted by Crippen LogP contribution is -2.62. The monoisotopic (exact) mass is 365 g/mol. The van der Waals surface area contributed by atoms with Gasteiger partial charge in [0.2, 0.25) is 0 Å². The van der Waals surface area contributed by atoms with E-state index in [-0.39, 0.29) is 11.5 Å². The van der Waals surface area contributed by atoms with Gasteiger partial charge in [0.05, 0.1) is 4.47 Å². The standard InChI is InChI=1S/C16H20BrN3O2/c1-15(2,3)22-14(21)20-9-16(10-20)5-11(6-16)4-13-18-7-12(17)8-19-13/h4,7-8H,5-6,9-10H2,1-3H3. The van der Waals surface area contributed by atoms with Crippen molar-refractivity contribution in [1.29, 1.82) is 0 Å². The van der Waals surface area contributed by atoms with Crippen LogP contribution in [0.25, 0.3) is 6.08 Å². The number of nitrogens with zero attached hydrogens (tertiary/aromatic N) is 3. The predicted molar refractivity (Wildman–Crippen MR) is 87.2 cm³/mol. The van der Waals surface area contributed by atoms with Gasteiger partial charge in [-0.25, -0.2) is 14.8 Å². The van der Waals surface area contributed by atoms with Crippen LogP contribution in [0.15, 0.2) is 22.4 Å². The van der Waals surface area contributed by atoms with Gasteiger partial charge in [0.15, 0.2) is 5.82 Å². The first kappa shape index (κ1) is 15.5. The van der Waals surface area contributed by atoms with Gasteiger partial charge in [-0.15, -0.1) is 0 Å². The average molecular weight is 366 g/mol. The van der Waals surface area contributed by atoms with Crippen molar-refractivity contribution in [3.05, 3.63) is 28.3 Å². The maximum Gasteiger partial charge on any atom is 0.410 e. The Bertz CT molecular complexity index is 603. The van der Waals surface area contributed by atoms with Crippen LogP contribution < -0.4 is 0 Å². The SMILES string of the molecule is CC(C)(C)OC(=O)N1CC2(CC(=Cc3ncc(Br)cn3)C2)C1. The van der Waals surface area contributed by atoms with E-state index in [9.17, 15) is 4.79 Å². The zero-order valence-electron chi connectivity index (χ0n) is 13.1. The second kappa shape index (κ2) is 5.33. The summed E-state index contributed by atoms with van der Waals surface area (Å²) in [6.07, 6.45) is 7.39. The molecule has 0 atom stereocenters. The van der Waals surface area contributed by atoms with Crippen molar-refractivity contribution < 1.29 is 9.53 Å². The first-order chi connectivity index (χ1) is 10.2. The second-order valence-corrected chi connectivity index (χ2v) is 8.17. The second-order valence-electron chi connectivity index (χ2n) is 7.25. The number of hydrogen-bond acceptors (Lipinski definition) is 4. The van der Waals surface area contributed by atoms with Crippen molar-refractivity contribution in [3.63, 3.8) is 0 Å². The number of allylic oxidation sites excluding steroid dienone is 1. The molecular formula is C16H20BrN3O2. The van der Waals surface area contributed by atoms with Crippen molar-refractivity contribution in [2.45, 2.75) is 39.2 Å². The number of ether oxygens (including phenoxy) is 1. The molecule has 1 aliphatic carbocycles. The smallest absolute Gasteiger partial charge is 0.410 e. The molecule has 118 valence electrons. The molecule has 1 spiro atoms. The Balaban J connectivity index is 1.50. The molecule has 22 heavy (non-hydrogen) atoms. The Morgan fingerprint density at radius 1 is 1.32 bits per heavy atom. The summed E-state index contributed by atoms with van der Waals surface area (Å²) >= 11 is 3.33. The molecule has 0 unspecified atom stereocenters. The third kappa shape index (κ3) is 3.32. The van der Waals surface area contributed by atoms with Crippen LogP contribution in [0.5, 0.6) is 0 Å². The third-order valence-electron chi connectivity index (χ3n) is 3.88. The lowest BCUT2D eigenvalue weighted by Gasteiger charge is -2.56. The van der Waals surface area contributed by atoms with E-state index in [1.807, 2.05) is 26.8 Å². The van der Waals surface area contributed by atoms with E-state index in [0.717, 1.165) is 36.2 Å². The molecule has 0 aromatic carbocycles. The molecular weight excluding hydrogens is 346 g/mol. The Labute approximate surface area is 138 Å². The highest BCUT2D eigenvalue weighted by molar-refractivity contribution is 9.10. The van der Waals surface area contributed by atoms with E-state index in [1.165, 1.54) is 5.57 Å². The van der Waals surface area contributed by atoms with Gasteiger partial charge in [-0.2, -0.15) is 0 Å². The molecule has 0 radical (unpaired) electrons. The highest BCUT2D eigenvalue weighted by Gasteiger charge is 2.52. The highest BCUT2D eigenvalue weighted by atomic mass is 79.9. The molecule has 1 aromatic heterocycles. The summed E-state index contributed by atoms with van der Waals surface area (Å²) in [5.74, 6) is 0.747. The van der Waals surface area contributed by atoms with Gasteiger partial charge < -0.3 is 9.64 Å². The summed E-state index contributed by atoms with van der Waals surface area (Å²) < 4.78 is 6.27. The quantitative estimate of drug-likeness (QED) is 0.761. The zero-order chi connectivity index (χ0) is 16.0. The van der Waals surface area contributed by atoms with Crippen molar-refractivity contribution >= 4 is 28.1 Å². The Hall–Kier alpha value is -1.43. The number of amides is 1. The number of likely N-dealkylation sites (tertiary alicyclic amines) is 1. The lowest BCUT2D eigenvalue weighted by atomic mass is 9.61. The van der Waals surface area contributed by atoms with E-state index >= 15 is 0 Å². The summed E-state index contributed by atoms with van der Waals surface area (Å²) in [6.45, 7) is 7.26. The molecule has 1 aromatic rings. The van der Waals surface area contributed by atoms with Crippen LogP contribution in [-0.2, 0) is 4.74 Å². The lowest BCUT2D eigenvalue weighted by molar-refractivity contribution is -0.0499. The Kier molecular flexibility index (Phi) is 3.75. The average Bonchev–Trinajstić information content (AvgIpc) is 2.30. The van der Waals surface area contributed by atoms with E-state index in [2.05, 4.69) is 25.9 Å². The summed E-state index contributed by atoms with van der Waals surface area (Å²) in [4.78, 5) is 22.2. The highest BCUT2D eigenvalue weighted by Crippen LogP contribution is 2.52. The number of hydrogen-bond donors (Lipinski definition) is 0. The number of rotatable bonds is 1. The van der Waals surface area contributed by atoms with Crippen LogP contribution in [0.1, 0.15) is 39.4 Å². The molecule has 2 heterocycles. The summed E-state index contributed by atoms with van der Waals surface area (Å²) in [5.41, 5.74) is 1.19. The van der Waals surface area contributed by atoms with Gasteiger partial charge in [-0.3, -0.25) is 0 Å². The van der Waals surface area contributed by atoms with Gasteiger partial charge in [-0.1, -0.05) is 5.57 Å². The van der Waals surface area contributed by atoms with Crippen molar-refractivity contribution in [2.24, 2.45) is 5.41 Å². The van der Waals surface area contributed by atoms with E-state index in [4.69, 9.17) is 4.74 Å². The van der Waals surface area contributed by atoms with Crippen LogP contribution in [0.2, 0.25) is 0 Å². The number of aromatic nitrogens is 2. The number of carbonyl (C=O) groups is 1. The minimum Gasteiger partial charge on any atom is -0.444 e. The number of halogens is 1. The topological polar surface area (TPSA) is 55.3 Å². The van der Waals surface area contributed by atoms with E-state index in [1.54, 1.807) is 17.3 Å². The third-order valence-corrected chi connectivity index (χ3v) is 4.29. The maximum absolute atomic E-state index is 11.9. The molecule has 0 bridgehead atoms. The molecule has 2 fully saturated rings. The minimum atomic E-state index is -0.427. The molecule has 1 saturated carbocycles. The first-order valence-electron chi connectivity index (χ1n) is 7.40. The fourth-order valence-corrected chi connectivity index (χ4v) is 3.24. The van der Waals surface area contributed by atoms with Gasteiger partial charge in [0.1, 0.15) is 5.60 Å². The van der Waals surface area contributed by atoms with Gasteiger partial charge in [0, 0.05) is 30.9 Å². The van der Waals surface area contributed by atoms with Crippen LogP contribution in [0.4, 0.5) is 4.79 Å². The molecule has 6 heteroatoms. The number of carbonyl (C=O) groups excluding carboxylic acids is 1. The molecule has 2 aliphatic rings. The maximum atomic E-state index is 11.9. The fraction of sp³-hybridized carbons (Fsp3) is 0.562. The van der Waals surface area contributed by atoms with E-state index < -0.39 is 5.60 Å². The van der Waals surface area contributed by atoms with Crippen LogP contribution in [-0.4, -0.2) is 39.7 Å². The first-order valence-corrected chi connectivity index (χ1v) is 8.19. The molecule has 5 nitrogen and oxygen atoms in total. The van der Waals surface area contributed by atoms with Gasteiger partial charge in [0.25, 0.3) is 0 Å².